The van der Waals surface area contributed by atoms with E-state index in [1.165, 1.54) is 5.69 Å². The first-order valence-corrected chi connectivity index (χ1v) is 19.2. The third kappa shape index (κ3) is 7.71. The van der Waals surface area contributed by atoms with Crippen LogP contribution in [-0.4, -0.2) is 118 Å². The van der Waals surface area contributed by atoms with Gasteiger partial charge in [-0.25, -0.2) is 24.2 Å². The number of alkyl halides is 2. The Bertz CT molecular complexity index is 1830. The second kappa shape index (κ2) is 16.5. The number of hydrogen-bond acceptors (Lipinski definition) is 11. The SMILES string of the molecule is CC(=O)N1CCc2c(c(N3CCCc4cc(C5=CN(C)NC5)c(C(F)F)cc43)nn2C2CCN(CC3CCN(c4ncc(C=O)cn4)CC3)CC2)C1.CO. The Kier molecular flexibility index (Phi) is 11.6. The van der Waals surface area contributed by atoms with E-state index in [0.717, 1.165) is 119 Å². The van der Waals surface area contributed by atoms with Crippen LogP contribution in [0.3, 0.4) is 0 Å². The first-order valence-electron chi connectivity index (χ1n) is 19.2. The van der Waals surface area contributed by atoms with Crippen molar-refractivity contribution < 1.29 is 23.5 Å². The van der Waals surface area contributed by atoms with Gasteiger partial charge in [-0.3, -0.25) is 14.3 Å². The van der Waals surface area contributed by atoms with Gasteiger partial charge in [0.05, 0.1) is 18.2 Å². The summed E-state index contributed by atoms with van der Waals surface area (Å²) in [5.74, 6) is 2.16. The quantitative estimate of drug-likeness (QED) is 0.320. The number of benzene rings is 1. The summed E-state index contributed by atoms with van der Waals surface area (Å²) in [7, 11) is 2.88. The van der Waals surface area contributed by atoms with E-state index >= 15 is 0 Å². The predicted octanol–water partition coefficient (Wildman–Crippen LogP) is 4.37. The highest BCUT2D eigenvalue weighted by molar-refractivity contribution is 5.78. The number of aryl methyl sites for hydroxylation is 1. The van der Waals surface area contributed by atoms with Crippen LogP contribution in [0.4, 0.5) is 26.2 Å². The lowest BCUT2D eigenvalue weighted by atomic mass is 9.92. The van der Waals surface area contributed by atoms with Crippen molar-refractivity contribution in [2.24, 2.45) is 5.92 Å². The number of aldehydes is 1. The summed E-state index contributed by atoms with van der Waals surface area (Å²) in [5, 5.41) is 14.2. The second-order valence-corrected chi connectivity index (χ2v) is 15.0. The summed E-state index contributed by atoms with van der Waals surface area (Å²) in [6, 6.07) is 3.92. The molecule has 2 aromatic heterocycles. The average Bonchev–Trinajstić information content (AvgIpc) is 3.82. The van der Waals surface area contributed by atoms with Crippen LogP contribution in [0.1, 0.15) is 89.8 Å². The molecule has 7 heterocycles. The summed E-state index contributed by atoms with van der Waals surface area (Å²) in [6.07, 6.45) is 9.82. The zero-order valence-electron chi connectivity index (χ0n) is 31.6. The van der Waals surface area contributed by atoms with Gasteiger partial charge in [0.25, 0.3) is 6.43 Å². The van der Waals surface area contributed by atoms with Crippen molar-refractivity contribution in [2.45, 2.75) is 70.9 Å². The monoisotopic (exact) mass is 746 g/mol. The highest BCUT2D eigenvalue weighted by Gasteiger charge is 2.35. The molecule has 1 amide bonds. The van der Waals surface area contributed by atoms with Gasteiger partial charge >= 0.3 is 0 Å². The number of hydrogen-bond donors (Lipinski definition) is 2. The van der Waals surface area contributed by atoms with Crippen LogP contribution < -0.4 is 15.2 Å². The lowest BCUT2D eigenvalue weighted by Crippen LogP contribution is -2.42. The highest BCUT2D eigenvalue weighted by Crippen LogP contribution is 2.43. The van der Waals surface area contributed by atoms with E-state index in [4.69, 9.17) is 10.2 Å². The van der Waals surface area contributed by atoms with Gasteiger partial charge in [0.2, 0.25) is 11.9 Å². The summed E-state index contributed by atoms with van der Waals surface area (Å²) in [5.41, 5.74) is 9.31. The molecule has 54 heavy (non-hydrogen) atoms. The molecular weight excluding hydrogens is 694 g/mol. The molecule has 0 bridgehead atoms. The maximum atomic E-state index is 14.7. The molecule has 5 aliphatic rings. The molecule has 0 spiro atoms. The average molecular weight is 747 g/mol. The zero-order valence-corrected chi connectivity index (χ0v) is 31.6. The van der Waals surface area contributed by atoms with Crippen molar-refractivity contribution in [1.29, 1.82) is 0 Å². The summed E-state index contributed by atoms with van der Waals surface area (Å²) in [6.45, 7) is 8.86. The van der Waals surface area contributed by atoms with Crippen LogP contribution in [0.5, 0.6) is 0 Å². The molecule has 0 atom stereocenters. The number of piperidine rings is 2. The standard InChI is InChI=1S/C38H48F2N10O2.CH4O/c1-25(52)48-15-9-34-33(23-48)37(49-10-3-4-28-16-31(29-20-43-45(2)22-29)32(36(39)40)17-35(28)49)44-50(34)30-7-11-46(12-8-30)21-26-5-13-47(14-6-26)38-41-18-27(24-51)19-42-38;1-2/h16-19,22,24,26,30,36,43H,3-15,20-21,23H2,1-2H3;2H,1H3. The van der Waals surface area contributed by atoms with Gasteiger partial charge in [-0.1, -0.05) is 0 Å². The number of nitrogens with zero attached hydrogens (tertiary/aromatic N) is 9. The van der Waals surface area contributed by atoms with Crippen LogP contribution in [-0.2, 0) is 24.2 Å². The maximum Gasteiger partial charge on any atom is 0.264 e. The molecule has 0 unspecified atom stereocenters. The number of aliphatic hydroxyl groups is 1. The van der Waals surface area contributed by atoms with E-state index in [1.54, 1.807) is 25.4 Å². The third-order valence-electron chi connectivity index (χ3n) is 11.7. The summed E-state index contributed by atoms with van der Waals surface area (Å²) < 4.78 is 31.6. The lowest BCUT2D eigenvalue weighted by molar-refractivity contribution is -0.129. The Labute approximate surface area is 315 Å². The van der Waals surface area contributed by atoms with Gasteiger partial charge in [0.15, 0.2) is 12.1 Å². The van der Waals surface area contributed by atoms with Crippen LogP contribution >= 0.6 is 0 Å². The number of nitrogens with one attached hydrogen (secondary N) is 1. The molecule has 2 saturated heterocycles. The first-order chi connectivity index (χ1) is 26.2. The van der Waals surface area contributed by atoms with E-state index in [2.05, 4.69) is 34.8 Å². The Hall–Kier alpha value is -4.47. The molecular formula is C39H52F2N10O3. The van der Waals surface area contributed by atoms with E-state index in [0.29, 0.717) is 49.2 Å². The fourth-order valence-electron chi connectivity index (χ4n) is 8.83. The number of aliphatic hydroxyl groups excluding tert-OH is 1. The Morgan fingerprint density at radius 1 is 1.02 bits per heavy atom. The van der Waals surface area contributed by atoms with Crippen molar-refractivity contribution in [3.63, 3.8) is 0 Å². The predicted molar refractivity (Wildman–Crippen MR) is 203 cm³/mol. The van der Waals surface area contributed by atoms with Crippen molar-refractivity contribution in [3.05, 3.63) is 64.2 Å². The third-order valence-corrected chi connectivity index (χ3v) is 11.7. The Morgan fingerprint density at radius 3 is 2.41 bits per heavy atom. The summed E-state index contributed by atoms with van der Waals surface area (Å²) >= 11 is 0. The fraction of sp³-hybridized carbons (Fsp3) is 0.564. The normalized spacial score (nSPS) is 19.7. The van der Waals surface area contributed by atoms with E-state index < -0.39 is 6.43 Å². The molecule has 5 aliphatic heterocycles. The number of carbonyl (C=O) groups excluding carboxylic acids is 2. The number of aromatic nitrogens is 4. The van der Waals surface area contributed by atoms with Crippen LogP contribution in [0.15, 0.2) is 30.7 Å². The van der Waals surface area contributed by atoms with Crippen molar-refractivity contribution in [2.75, 3.05) is 76.3 Å². The van der Waals surface area contributed by atoms with Crippen molar-refractivity contribution in [1.82, 2.24) is 40.0 Å². The molecule has 3 aromatic rings. The zero-order chi connectivity index (χ0) is 37.9. The first kappa shape index (κ1) is 37.8. The highest BCUT2D eigenvalue weighted by atomic mass is 19.3. The molecule has 0 radical (unpaired) electrons. The minimum atomic E-state index is -2.61. The smallest absolute Gasteiger partial charge is 0.264 e. The molecule has 1 aromatic carbocycles. The van der Waals surface area contributed by atoms with Gasteiger partial charge < -0.3 is 29.7 Å². The Morgan fingerprint density at radius 2 is 1.76 bits per heavy atom. The fourth-order valence-corrected chi connectivity index (χ4v) is 8.83. The number of carbonyl (C=O) groups is 2. The number of rotatable bonds is 8. The lowest BCUT2D eigenvalue weighted by Gasteiger charge is -2.38. The van der Waals surface area contributed by atoms with Crippen LogP contribution in [0.25, 0.3) is 5.57 Å². The van der Waals surface area contributed by atoms with E-state index in [-0.39, 0.29) is 17.5 Å². The number of fused-ring (bicyclic) bond motifs is 2. The maximum absolute atomic E-state index is 14.7. The summed E-state index contributed by atoms with van der Waals surface area (Å²) in [4.78, 5) is 41.1. The minimum Gasteiger partial charge on any atom is -0.400 e. The molecule has 0 saturated carbocycles. The molecule has 15 heteroatoms. The van der Waals surface area contributed by atoms with Gasteiger partial charge in [-0.15, -0.1) is 0 Å². The molecule has 13 nitrogen and oxygen atoms in total. The van der Waals surface area contributed by atoms with Gasteiger partial charge in [0.1, 0.15) is 0 Å². The van der Waals surface area contributed by atoms with Crippen molar-refractivity contribution in [3.8, 4) is 0 Å². The topological polar surface area (TPSA) is 126 Å². The molecule has 290 valence electrons. The van der Waals surface area contributed by atoms with Gasteiger partial charge in [0, 0.05) is 121 Å². The van der Waals surface area contributed by atoms with E-state index in [9.17, 15) is 18.4 Å². The largest absolute Gasteiger partial charge is 0.400 e. The molecule has 2 fully saturated rings. The number of likely N-dealkylation sites (tertiary alicyclic amines) is 1. The van der Waals surface area contributed by atoms with Gasteiger partial charge in [-0.05, 0) is 73.3 Å². The number of anilines is 3. The van der Waals surface area contributed by atoms with Crippen LogP contribution in [0.2, 0.25) is 0 Å². The molecule has 8 rings (SSSR count). The number of hydrazine groups is 1. The number of halogens is 2. The van der Waals surface area contributed by atoms with Crippen molar-refractivity contribution >= 4 is 35.2 Å². The van der Waals surface area contributed by atoms with E-state index in [1.807, 2.05) is 29.2 Å². The second-order valence-electron chi connectivity index (χ2n) is 15.0. The molecule has 0 aliphatic carbocycles. The van der Waals surface area contributed by atoms with Gasteiger partial charge in [-0.2, -0.15) is 5.10 Å². The minimum absolute atomic E-state index is 0.0407. The van der Waals surface area contributed by atoms with Crippen LogP contribution in [0, 0.1) is 5.92 Å². The number of amides is 1. The Balaban J connectivity index is 0.00000221. The molecule has 2 N–H and O–H groups in total.